The van der Waals surface area contributed by atoms with Crippen molar-refractivity contribution in [1.29, 1.82) is 0 Å². The van der Waals surface area contributed by atoms with Crippen molar-refractivity contribution in [3.8, 4) is 10.6 Å². The molecule has 42 heavy (non-hydrogen) atoms. The predicted molar refractivity (Wildman–Crippen MR) is 170 cm³/mol. The summed E-state index contributed by atoms with van der Waals surface area (Å²) in [6, 6.07) is 6.87. The van der Waals surface area contributed by atoms with Crippen molar-refractivity contribution in [2.75, 3.05) is 18.4 Å². The topological polar surface area (TPSA) is 119 Å². The van der Waals surface area contributed by atoms with Crippen molar-refractivity contribution in [2.45, 2.75) is 58.9 Å². The van der Waals surface area contributed by atoms with E-state index in [1.54, 1.807) is 27.4 Å². The molecule has 1 amide bonds. The third-order valence-electron chi connectivity index (χ3n) is 7.62. The largest absolute Gasteiger partial charge is 0.326 e. The van der Waals surface area contributed by atoms with Gasteiger partial charge < -0.3 is 16.4 Å². The summed E-state index contributed by atoms with van der Waals surface area (Å²) < 4.78 is 4.83. The van der Waals surface area contributed by atoms with Crippen LogP contribution in [0.1, 0.15) is 47.4 Å². The monoisotopic (exact) mass is 603 g/mol. The Balaban J connectivity index is 1.23. The van der Waals surface area contributed by atoms with E-state index in [2.05, 4.69) is 57.8 Å². The van der Waals surface area contributed by atoms with Crippen LogP contribution in [0.5, 0.6) is 0 Å². The van der Waals surface area contributed by atoms with E-state index in [1.165, 1.54) is 10.4 Å². The van der Waals surface area contributed by atoms with E-state index in [1.807, 2.05) is 36.5 Å². The molecule has 0 unspecified atom stereocenters. The second-order valence-corrected chi connectivity index (χ2v) is 13.2. The van der Waals surface area contributed by atoms with Crippen LogP contribution in [0.4, 0.5) is 5.00 Å². The Bertz CT molecular complexity index is 1700. The molecule has 5 aromatic rings. The maximum absolute atomic E-state index is 13.1. The van der Waals surface area contributed by atoms with Gasteiger partial charge in [0.15, 0.2) is 0 Å². The van der Waals surface area contributed by atoms with Crippen molar-refractivity contribution >= 4 is 43.8 Å². The molecule has 5 heterocycles. The van der Waals surface area contributed by atoms with Gasteiger partial charge in [0.1, 0.15) is 10.0 Å². The van der Waals surface area contributed by atoms with Crippen molar-refractivity contribution in [3.63, 3.8) is 0 Å². The highest BCUT2D eigenvalue weighted by Crippen LogP contribution is 2.46. The van der Waals surface area contributed by atoms with Crippen LogP contribution in [0.3, 0.4) is 0 Å². The van der Waals surface area contributed by atoms with Gasteiger partial charge in [0.05, 0.1) is 29.2 Å². The molecule has 1 aliphatic rings. The Hall–Kier alpha value is -3.42. The molecule has 10 nitrogen and oxygen atoms in total. The van der Waals surface area contributed by atoms with Crippen LogP contribution in [-0.2, 0) is 44.4 Å². The Morgan fingerprint density at radius 3 is 2.74 bits per heavy atom. The molecule has 0 saturated carbocycles. The van der Waals surface area contributed by atoms with Crippen molar-refractivity contribution in [3.05, 3.63) is 70.1 Å². The molecule has 220 valence electrons. The number of amides is 1. The first-order chi connectivity index (χ1) is 20.4. The van der Waals surface area contributed by atoms with Crippen molar-refractivity contribution < 1.29 is 4.79 Å². The molecule has 0 spiro atoms. The average Bonchev–Trinajstić information content (AvgIpc) is 3.76. The number of fused-ring (bicyclic) bond motifs is 2. The maximum atomic E-state index is 13.1. The van der Waals surface area contributed by atoms with Crippen molar-refractivity contribution in [1.82, 2.24) is 34.8 Å². The highest BCUT2D eigenvalue weighted by atomic mass is 32.1. The van der Waals surface area contributed by atoms with Gasteiger partial charge in [-0.15, -0.1) is 22.7 Å². The van der Waals surface area contributed by atoms with Gasteiger partial charge in [-0.25, -0.2) is 4.98 Å². The van der Waals surface area contributed by atoms with Crippen LogP contribution >= 0.6 is 22.7 Å². The number of rotatable bonds is 11. The van der Waals surface area contributed by atoms with Gasteiger partial charge in [-0.3, -0.25) is 19.1 Å². The molecule has 0 bridgehead atoms. The molecule has 0 saturated heterocycles. The summed E-state index contributed by atoms with van der Waals surface area (Å²) in [5.41, 5.74) is 12.4. The number of nitrogens with two attached hydrogens (primary N) is 1. The normalized spacial score (nSPS) is 13.7. The molecule has 0 aliphatic carbocycles. The second kappa shape index (κ2) is 12.4. The number of hydrogen-bond donors (Lipinski definition) is 3. The van der Waals surface area contributed by atoms with Gasteiger partial charge in [-0.05, 0) is 43.5 Å². The van der Waals surface area contributed by atoms with Crippen LogP contribution in [0.25, 0.3) is 20.8 Å². The number of thiazole rings is 1. The van der Waals surface area contributed by atoms with E-state index in [-0.39, 0.29) is 5.91 Å². The molecule has 12 heteroatoms. The fourth-order valence-corrected chi connectivity index (χ4v) is 7.79. The molecule has 0 atom stereocenters. The molecular weight excluding hydrogens is 567 g/mol. The lowest BCUT2D eigenvalue weighted by atomic mass is 10.0. The van der Waals surface area contributed by atoms with E-state index >= 15 is 0 Å². The van der Waals surface area contributed by atoms with Gasteiger partial charge in [0, 0.05) is 86.2 Å². The lowest BCUT2D eigenvalue weighted by molar-refractivity contribution is -0.116. The molecule has 0 fully saturated rings. The summed E-state index contributed by atoms with van der Waals surface area (Å²) in [5, 5.41) is 17.1. The SMILES string of the molecule is CC(C)N1CCc2c(sc(NC(=O)CCNCc3cnn(C)c3)c2-c2nc3ccc(Cn4cc(CN)cn4)cc3s2)C1. The fourth-order valence-electron chi connectivity index (χ4n) is 5.32. The van der Waals surface area contributed by atoms with Crippen LogP contribution in [0.15, 0.2) is 43.0 Å². The minimum absolute atomic E-state index is 0.00807. The first-order valence-corrected chi connectivity index (χ1v) is 16.0. The number of carbonyl (C=O) groups is 1. The van der Waals surface area contributed by atoms with Gasteiger partial charge in [0.2, 0.25) is 5.91 Å². The number of benzene rings is 1. The number of nitrogens with zero attached hydrogens (tertiary/aromatic N) is 6. The molecule has 0 radical (unpaired) electrons. The first-order valence-electron chi connectivity index (χ1n) is 14.3. The van der Waals surface area contributed by atoms with E-state index in [9.17, 15) is 4.79 Å². The number of carbonyl (C=O) groups excluding carboxylic acids is 1. The van der Waals surface area contributed by atoms with Gasteiger partial charge in [-0.1, -0.05) is 6.07 Å². The van der Waals surface area contributed by atoms with Crippen LogP contribution in [0.2, 0.25) is 0 Å². The fraction of sp³-hybridized carbons (Fsp3) is 0.400. The molecule has 4 N–H and O–H groups in total. The predicted octanol–water partition coefficient (Wildman–Crippen LogP) is 4.35. The standard InChI is InChI=1S/C30H37N9OS2/c1-19(2)38-9-7-23-26(18-38)42-30(36-27(40)6-8-32-12-22-14-33-37(3)15-22)28(23)29-35-24-5-4-20(10-25(24)41-29)16-39-17-21(11-31)13-34-39/h4-5,10,13-15,17,19,32H,6-9,11-12,16,18,31H2,1-3H3,(H,36,40). The molecule has 1 aliphatic heterocycles. The van der Waals surface area contributed by atoms with Gasteiger partial charge in [-0.2, -0.15) is 10.2 Å². The summed E-state index contributed by atoms with van der Waals surface area (Å²) in [7, 11) is 1.90. The number of nitrogens with one attached hydrogen (secondary N) is 2. The minimum Gasteiger partial charge on any atom is -0.326 e. The van der Waals surface area contributed by atoms with Gasteiger partial charge in [0.25, 0.3) is 0 Å². The van der Waals surface area contributed by atoms with E-state index in [0.717, 1.165) is 62.0 Å². The summed E-state index contributed by atoms with van der Waals surface area (Å²) in [5.74, 6) is 0.00807. The van der Waals surface area contributed by atoms with Gasteiger partial charge >= 0.3 is 0 Å². The highest BCUT2D eigenvalue weighted by Gasteiger charge is 2.28. The summed E-state index contributed by atoms with van der Waals surface area (Å²) in [4.78, 5) is 22.0. The Labute approximate surface area is 253 Å². The van der Waals surface area contributed by atoms with Crippen LogP contribution in [0, 0.1) is 0 Å². The summed E-state index contributed by atoms with van der Waals surface area (Å²) in [6.45, 7) is 8.83. The molecule has 1 aromatic carbocycles. The van der Waals surface area contributed by atoms with Crippen molar-refractivity contribution in [2.24, 2.45) is 12.8 Å². The highest BCUT2D eigenvalue weighted by molar-refractivity contribution is 7.23. The lowest BCUT2D eigenvalue weighted by Crippen LogP contribution is -2.35. The Morgan fingerprint density at radius 2 is 1.98 bits per heavy atom. The molecule has 6 rings (SSSR count). The zero-order chi connectivity index (χ0) is 29.2. The summed E-state index contributed by atoms with van der Waals surface area (Å²) in [6.07, 6.45) is 8.96. The van der Waals surface area contributed by atoms with Crippen LogP contribution in [-0.4, -0.2) is 54.5 Å². The quantitative estimate of drug-likeness (QED) is 0.192. The average molecular weight is 604 g/mol. The number of aryl methyl sites for hydroxylation is 1. The maximum Gasteiger partial charge on any atom is 0.226 e. The lowest BCUT2D eigenvalue weighted by Gasteiger charge is -2.30. The van der Waals surface area contributed by atoms with Crippen LogP contribution < -0.4 is 16.4 Å². The van der Waals surface area contributed by atoms with E-state index in [4.69, 9.17) is 10.7 Å². The minimum atomic E-state index is 0.00807. The number of thiophene rings is 1. The first kappa shape index (κ1) is 28.7. The van der Waals surface area contributed by atoms with E-state index in [0.29, 0.717) is 38.6 Å². The molecular formula is C30H37N9OS2. The third kappa shape index (κ3) is 6.32. The molecule has 4 aromatic heterocycles. The zero-order valence-electron chi connectivity index (χ0n) is 24.3. The number of aromatic nitrogens is 5. The smallest absolute Gasteiger partial charge is 0.226 e. The summed E-state index contributed by atoms with van der Waals surface area (Å²) >= 11 is 3.40. The second-order valence-electron chi connectivity index (χ2n) is 11.1. The number of hydrogen-bond acceptors (Lipinski definition) is 9. The number of anilines is 1. The zero-order valence-corrected chi connectivity index (χ0v) is 25.9. The van der Waals surface area contributed by atoms with E-state index < -0.39 is 0 Å². The Morgan fingerprint density at radius 1 is 1.12 bits per heavy atom. The third-order valence-corrected chi connectivity index (χ3v) is 9.79. The Kier molecular flexibility index (Phi) is 8.50.